The number of nitrogens with zero attached hydrogens (tertiary/aromatic N) is 2. The molecule has 0 radical (unpaired) electrons. The fourth-order valence-corrected chi connectivity index (χ4v) is 1.38. The van der Waals surface area contributed by atoms with Crippen LogP contribution in [0.4, 0.5) is 0 Å². The van der Waals surface area contributed by atoms with Crippen LogP contribution in [0.5, 0.6) is 0 Å². The quantitative estimate of drug-likeness (QED) is 0.708. The summed E-state index contributed by atoms with van der Waals surface area (Å²) in [5.74, 6) is 0.0646. The zero-order valence-electron chi connectivity index (χ0n) is 9.45. The third-order valence-corrected chi connectivity index (χ3v) is 2.47. The summed E-state index contributed by atoms with van der Waals surface area (Å²) in [6, 6.07) is 5.92. The zero-order chi connectivity index (χ0) is 11.5. The number of Topliss-reactive ketones (excluding diaryl/α,β-unsaturated/α-hetero) is 1. The number of hydrogen-bond acceptors (Lipinski definition) is 2. The van der Waals surface area contributed by atoms with E-state index in [-0.39, 0.29) is 11.2 Å². The molecule has 0 N–H and O–H groups in total. The fraction of sp³-hybridized carbons (Fsp3) is 0.500. The first kappa shape index (κ1) is 11.5. The van der Waals surface area contributed by atoms with E-state index in [4.69, 9.17) is 5.26 Å². The Morgan fingerprint density at radius 2 is 2.27 bits per heavy atom. The second kappa shape index (κ2) is 4.31. The fourth-order valence-electron chi connectivity index (χ4n) is 1.38. The summed E-state index contributed by atoms with van der Waals surface area (Å²) >= 11 is 0. The van der Waals surface area contributed by atoms with Gasteiger partial charge in [0, 0.05) is 19.7 Å². The van der Waals surface area contributed by atoms with Crippen molar-refractivity contribution in [3.8, 4) is 6.07 Å². The summed E-state index contributed by atoms with van der Waals surface area (Å²) in [5.41, 5.74) is 0.377. The van der Waals surface area contributed by atoms with Crippen LogP contribution in [0.2, 0.25) is 0 Å². The molecule has 3 heteroatoms. The van der Waals surface area contributed by atoms with Crippen LogP contribution in [-0.4, -0.2) is 10.4 Å². The normalized spacial score (nSPS) is 11.1. The minimum Gasteiger partial charge on any atom is -0.345 e. The molecule has 1 heterocycles. The van der Waals surface area contributed by atoms with Crippen LogP contribution in [-0.2, 0) is 6.54 Å². The van der Waals surface area contributed by atoms with E-state index in [0.717, 1.165) is 6.42 Å². The molecule has 80 valence electrons. The van der Waals surface area contributed by atoms with E-state index < -0.39 is 0 Å². The van der Waals surface area contributed by atoms with Crippen LogP contribution >= 0.6 is 0 Å². The standard InChI is InChI=1S/C12H16N2O/c1-10(15)11-5-4-7-14(11)8-6-12(2,3)9-13/h4-5,7H,6,8H2,1-3H3. The van der Waals surface area contributed by atoms with Crippen molar-refractivity contribution in [2.24, 2.45) is 5.41 Å². The summed E-state index contributed by atoms with van der Waals surface area (Å²) in [4.78, 5) is 11.2. The molecule has 1 aromatic heterocycles. The molecule has 1 rings (SSSR count). The maximum absolute atomic E-state index is 11.2. The molecule has 0 bridgehead atoms. The monoisotopic (exact) mass is 204 g/mol. The minimum absolute atomic E-state index is 0.0646. The first-order valence-electron chi connectivity index (χ1n) is 5.03. The summed E-state index contributed by atoms with van der Waals surface area (Å²) in [5, 5.41) is 8.87. The zero-order valence-corrected chi connectivity index (χ0v) is 9.45. The summed E-state index contributed by atoms with van der Waals surface area (Å²) in [7, 11) is 0. The molecule has 0 aliphatic rings. The van der Waals surface area contributed by atoms with E-state index in [1.54, 1.807) is 6.92 Å². The van der Waals surface area contributed by atoms with Gasteiger partial charge >= 0.3 is 0 Å². The number of ketones is 1. The molecule has 0 atom stereocenters. The van der Waals surface area contributed by atoms with Crippen LogP contribution in [0.3, 0.4) is 0 Å². The van der Waals surface area contributed by atoms with Gasteiger partial charge < -0.3 is 4.57 Å². The number of carbonyl (C=O) groups is 1. The van der Waals surface area contributed by atoms with Crippen molar-refractivity contribution in [1.82, 2.24) is 4.57 Å². The maximum atomic E-state index is 11.2. The van der Waals surface area contributed by atoms with E-state index in [2.05, 4.69) is 6.07 Å². The Balaban J connectivity index is 2.71. The molecule has 0 unspecified atom stereocenters. The topological polar surface area (TPSA) is 45.8 Å². The highest BCUT2D eigenvalue weighted by atomic mass is 16.1. The van der Waals surface area contributed by atoms with Crippen molar-refractivity contribution in [1.29, 1.82) is 5.26 Å². The average Bonchev–Trinajstić information content (AvgIpc) is 2.63. The van der Waals surface area contributed by atoms with Gasteiger partial charge in [0.05, 0.1) is 17.2 Å². The molecule has 15 heavy (non-hydrogen) atoms. The Morgan fingerprint density at radius 1 is 1.60 bits per heavy atom. The average molecular weight is 204 g/mol. The van der Waals surface area contributed by atoms with Gasteiger partial charge in [0.15, 0.2) is 5.78 Å². The highest BCUT2D eigenvalue weighted by Crippen LogP contribution is 2.20. The molecule has 0 amide bonds. The van der Waals surface area contributed by atoms with Crippen molar-refractivity contribution in [2.75, 3.05) is 0 Å². The highest BCUT2D eigenvalue weighted by Gasteiger charge is 2.17. The maximum Gasteiger partial charge on any atom is 0.176 e. The van der Waals surface area contributed by atoms with Gasteiger partial charge in [-0.15, -0.1) is 0 Å². The molecule has 0 saturated carbocycles. The van der Waals surface area contributed by atoms with E-state index in [1.165, 1.54) is 0 Å². The van der Waals surface area contributed by atoms with Crippen LogP contribution in [0.15, 0.2) is 18.3 Å². The molecular weight excluding hydrogens is 188 g/mol. The van der Waals surface area contributed by atoms with Crippen LogP contribution in [0.1, 0.15) is 37.7 Å². The Kier molecular flexibility index (Phi) is 3.31. The first-order chi connectivity index (χ1) is 6.96. The van der Waals surface area contributed by atoms with Gasteiger partial charge in [-0.25, -0.2) is 0 Å². The predicted octanol–water partition coefficient (Wildman–Crippen LogP) is 2.63. The molecular formula is C12H16N2O. The second-order valence-corrected chi connectivity index (χ2v) is 4.39. The lowest BCUT2D eigenvalue weighted by molar-refractivity contribution is 0.100. The van der Waals surface area contributed by atoms with E-state index >= 15 is 0 Å². The third-order valence-electron chi connectivity index (χ3n) is 2.47. The number of hydrogen-bond donors (Lipinski definition) is 0. The lowest BCUT2D eigenvalue weighted by Gasteiger charge is -2.16. The number of rotatable bonds is 4. The molecule has 0 saturated heterocycles. The third kappa shape index (κ3) is 2.95. The number of carbonyl (C=O) groups excluding carboxylic acids is 1. The van der Waals surface area contributed by atoms with Gasteiger partial charge in [0.2, 0.25) is 0 Å². The summed E-state index contributed by atoms with van der Waals surface area (Å²) < 4.78 is 1.90. The van der Waals surface area contributed by atoms with Crippen molar-refractivity contribution >= 4 is 5.78 Å². The van der Waals surface area contributed by atoms with Crippen molar-refractivity contribution in [3.63, 3.8) is 0 Å². The van der Waals surface area contributed by atoms with Gasteiger partial charge in [0.25, 0.3) is 0 Å². The number of aromatic nitrogens is 1. The second-order valence-electron chi connectivity index (χ2n) is 4.39. The Labute approximate surface area is 90.3 Å². The summed E-state index contributed by atoms with van der Waals surface area (Å²) in [6.45, 7) is 6.08. The van der Waals surface area contributed by atoms with Gasteiger partial charge in [-0.1, -0.05) is 0 Å². The molecule has 1 aromatic rings. The predicted molar refractivity (Wildman–Crippen MR) is 58.4 cm³/mol. The smallest absolute Gasteiger partial charge is 0.176 e. The van der Waals surface area contributed by atoms with E-state index in [9.17, 15) is 4.79 Å². The molecule has 0 aliphatic heterocycles. The Morgan fingerprint density at radius 3 is 2.80 bits per heavy atom. The minimum atomic E-state index is -0.335. The lowest BCUT2D eigenvalue weighted by Crippen LogP contribution is -2.14. The summed E-state index contributed by atoms with van der Waals surface area (Å²) in [6.07, 6.45) is 2.63. The SMILES string of the molecule is CC(=O)c1cccn1CCC(C)(C)C#N. The lowest BCUT2D eigenvalue weighted by atomic mass is 9.91. The molecule has 0 aromatic carbocycles. The van der Waals surface area contributed by atoms with E-state index in [1.807, 2.05) is 36.7 Å². The van der Waals surface area contributed by atoms with Crippen molar-refractivity contribution in [2.45, 2.75) is 33.7 Å². The van der Waals surface area contributed by atoms with Crippen molar-refractivity contribution in [3.05, 3.63) is 24.0 Å². The molecule has 0 spiro atoms. The molecule has 0 aliphatic carbocycles. The van der Waals surface area contributed by atoms with Crippen LogP contribution < -0.4 is 0 Å². The molecule has 3 nitrogen and oxygen atoms in total. The van der Waals surface area contributed by atoms with Gasteiger partial charge in [-0.05, 0) is 32.4 Å². The Bertz CT molecular complexity index is 396. The first-order valence-corrected chi connectivity index (χ1v) is 5.03. The van der Waals surface area contributed by atoms with Crippen LogP contribution in [0, 0.1) is 16.7 Å². The van der Waals surface area contributed by atoms with Gasteiger partial charge in [0.1, 0.15) is 0 Å². The van der Waals surface area contributed by atoms with Crippen LogP contribution in [0.25, 0.3) is 0 Å². The highest BCUT2D eigenvalue weighted by molar-refractivity contribution is 5.92. The van der Waals surface area contributed by atoms with Crippen molar-refractivity contribution < 1.29 is 4.79 Å². The molecule has 0 fully saturated rings. The van der Waals surface area contributed by atoms with E-state index in [0.29, 0.717) is 12.2 Å². The largest absolute Gasteiger partial charge is 0.345 e. The number of nitriles is 1. The Hall–Kier alpha value is -1.56. The number of aryl methyl sites for hydroxylation is 1. The van der Waals surface area contributed by atoms with Gasteiger partial charge in [-0.2, -0.15) is 5.26 Å². The van der Waals surface area contributed by atoms with Gasteiger partial charge in [-0.3, -0.25) is 4.79 Å².